The van der Waals surface area contributed by atoms with Crippen molar-refractivity contribution in [2.75, 3.05) is 5.73 Å². The summed E-state index contributed by atoms with van der Waals surface area (Å²) in [5, 5.41) is 0. The molecule has 34 heavy (non-hydrogen) atoms. The van der Waals surface area contributed by atoms with E-state index in [1.807, 2.05) is 0 Å². The predicted octanol–water partition coefficient (Wildman–Crippen LogP) is 1.63. The number of anilines is 1. The van der Waals surface area contributed by atoms with Crippen molar-refractivity contribution >= 4 is 29.1 Å². The summed E-state index contributed by atoms with van der Waals surface area (Å²) in [7, 11) is 0. The third kappa shape index (κ3) is 4.46. The van der Waals surface area contributed by atoms with E-state index in [9.17, 15) is 23.2 Å². The van der Waals surface area contributed by atoms with Crippen molar-refractivity contribution in [1.82, 2.24) is 19.1 Å². The molecule has 180 valence electrons. The number of carbonyl (C=O) groups excluding carboxylic acids is 2. The number of hydrogen-bond donors (Lipinski definition) is 1. The Morgan fingerprint density at radius 1 is 1.26 bits per heavy atom. The molecular weight excluding hydrogens is 456 g/mol. The van der Waals surface area contributed by atoms with Crippen LogP contribution in [-0.2, 0) is 30.3 Å². The van der Waals surface area contributed by atoms with E-state index < -0.39 is 47.9 Å². The maximum Gasteiger partial charge on any atom is 0.332 e. The Kier molecular flexibility index (Phi) is 6.28. The highest BCUT2D eigenvalue weighted by Gasteiger charge is 2.43. The average Bonchev–Trinajstić information content (AvgIpc) is 3.27. The van der Waals surface area contributed by atoms with Gasteiger partial charge in [-0.2, -0.15) is 4.98 Å². The van der Waals surface area contributed by atoms with Crippen LogP contribution in [0.25, 0.3) is 11.2 Å². The maximum atomic E-state index is 13.7. The molecule has 13 heteroatoms. The number of benzene rings is 1. The van der Waals surface area contributed by atoms with Crippen LogP contribution < -0.4 is 11.4 Å². The first-order valence-corrected chi connectivity index (χ1v) is 10.4. The summed E-state index contributed by atoms with van der Waals surface area (Å²) < 4.78 is 45.7. The van der Waals surface area contributed by atoms with E-state index in [1.165, 1.54) is 23.8 Å². The third-order valence-corrected chi connectivity index (χ3v) is 5.21. The van der Waals surface area contributed by atoms with Gasteiger partial charge in [-0.15, -0.1) is 0 Å². The molecule has 0 saturated carbocycles. The fourth-order valence-corrected chi connectivity index (χ4v) is 3.73. The standard InChI is InChI=1S/C21H21F2N5O6/c1-3-16(30)33-17-7-15(32-10(2)29)19(34-17)28-18-14(8-25-20(24)26-18)27(21(28)31)9-11-4-5-12(22)13(23)6-11/h4-6,8,15,17,19H,3,7,9H2,1-2H3,(H2,24,25,26)/t15-,17-,19-/m1/s1. The molecule has 0 spiro atoms. The quantitative estimate of drug-likeness (QED) is 0.525. The molecule has 1 saturated heterocycles. The van der Waals surface area contributed by atoms with E-state index in [-0.39, 0.29) is 36.5 Å². The zero-order chi connectivity index (χ0) is 24.6. The number of nitrogens with zero attached hydrogens (tertiary/aromatic N) is 4. The zero-order valence-corrected chi connectivity index (χ0v) is 18.2. The van der Waals surface area contributed by atoms with Gasteiger partial charge in [-0.05, 0) is 17.7 Å². The maximum absolute atomic E-state index is 13.7. The summed E-state index contributed by atoms with van der Waals surface area (Å²) in [6.07, 6.45) is -1.87. The van der Waals surface area contributed by atoms with E-state index in [4.69, 9.17) is 19.9 Å². The van der Waals surface area contributed by atoms with Crippen molar-refractivity contribution in [3.63, 3.8) is 0 Å². The van der Waals surface area contributed by atoms with Crippen molar-refractivity contribution in [3.8, 4) is 0 Å². The summed E-state index contributed by atoms with van der Waals surface area (Å²) in [6, 6.07) is 3.25. The van der Waals surface area contributed by atoms with Gasteiger partial charge in [0.05, 0.1) is 19.2 Å². The second-order valence-electron chi connectivity index (χ2n) is 7.61. The highest BCUT2D eigenvalue weighted by atomic mass is 19.2. The van der Waals surface area contributed by atoms with E-state index in [2.05, 4.69) is 9.97 Å². The number of imidazole rings is 1. The Bertz CT molecular complexity index is 1320. The first-order chi connectivity index (χ1) is 16.2. The number of halogens is 2. The number of rotatable bonds is 6. The summed E-state index contributed by atoms with van der Waals surface area (Å²) in [5.74, 6) is -3.39. The normalized spacial score (nSPS) is 19.9. The molecule has 11 nitrogen and oxygen atoms in total. The number of nitrogen functional groups attached to an aromatic ring is 1. The number of fused-ring (bicyclic) bond motifs is 1. The SMILES string of the molecule is CCC(=O)O[C@H]1C[C@@H](OC(C)=O)[C@H](n2c(=O)n(Cc3ccc(F)c(F)c3)c3cnc(N)nc32)O1. The van der Waals surface area contributed by atoms with Gasteiger partial charge in [-0.3, -0.25) is 14.2 Å². The highest BCUT2D eigenvalue weighted by Crippen LogP contribution is 2.33. The minimum absolute atomic E-state index is 0.0150. The van der Waals surface area contributed by atoms with Crippen molar-refractivity contribution < 1.29 is 32.6 Å². The van der Waals surface area contributed by atoms with Crippen LogP contribution in [0.15, 0.2) is 29.2 Å². The Morgan fingerprint density at radius 3 is 2.71 bits per heavy atom. The molecular formula is C21H21F2N5O6. The van der Waals surface area contributed by atoms with Crippen LogP contribution in [-0.4, -0.2) is 43.4 Å². The summed E-state index contributed by atoms with van der Waals surface area (Å²) >= 11 is 0. The number of esters is 2. The van der Waals surface area contributed by atoms with Gasteiger partial charge in [-0.1, -0.05) is 13.0 Å². The monoisotopic (exact) mass is 477 g/mol. The van der Waals surface area contributed by atoms with Gasteiger partial charge in [0.2, 0.25) is 12.2 Å². The molecule has 1 aliphatic heterocycles. The fourth-order valence-electron chi connectivity index (χ4n) is 3.73. The van der Waals surface area contributed by atoms with Crippen molar-refractivity contribution in [2.24, 2.45) is 0 Å². The molecule has 2 aromatic heterocycles. The first kappa shape index (κ1) is 23.3. The van der Waals surface area contributed by atoms with Crippen LogP contribution >= 0.6 is 0 Å². The Hall–Kier alpha value is -3.87. The summed E-state index contributed by atoms with van der Waals surface area (Å²) in [5.41, 5.74) is 5.66. The molecule has 3 atom stereocenters. The lowest BCUT2D eigenvalue weighted by atomic mass is 10.2. The van der Waals surface area contributed by atoms with Gasteiger partial charge >= 0.3 is 17.6 Å². The zero-order valence-electron chi connectivity index (χ0n) is 18.2. The first-order valence-electron chi connectivity index (χ1n) is 10.4. The lowest BCUT2D eigenvalue weighted by Crippen LogP contribution is -2.34. The highest BCUT2D eigenvalue weighted by molar-refractivity contribution is 5.72. The molecule has 1 fully saturated rings. The molecule has 3 heterocycles. The summed E-state index contributed by atoms with van der Waals surface area (Å²) in [6.45, 7) is 2.65. The Morgan fingerprint density at radius 2 is 2.03 bits per heavy atom. The van der Waals surface area contributed by atoms with Crippen LogP contribution in [0.1, 0.15) is 38.5 Å². The molecule has 3 aromatic rings. The average molecular weight is 477 g/mol. The van der Waals surface area contributed by atoms with Gasteiger partial charge < -0.3 is 19.9 Å². The topological polar surface area (TPSA) is 141 Å². The van der Waals surface area contributed by atoms with Crippen LogP contribution in [0.4, 0.5) is 14.7 Å². The van der Waals surface area contributed by atoms with Crippen molar-refractivity contribution in [2.45, 2.75) is 51.9 Å². The Labute approximate surface area is 191 Å². The Balaban J connectivity index is 1.80. The molecule has 0 radical (unpaired) electrons. The van der Waals surface area contributed by atoms with Gasteiger partial charge in [0.15, 0.2) is 29.6 Å². The largest absolute Gasteiger partial charge is 0.457 e. The number of aromatic nitrogens is 4. The molecule has 1 aromatic carbocycles. The lowest BCUT2D eigenvalue weighted by molar-refractivity contribution is -0.183. The van der Waals surface area contributed by atoms with E-state index in [0.717, 1.165) is 16.7 Å². The number of ether oxygens (including phenoxy) is 3. The number of hydrogen-bond acceptors (Lipinski definition) is 9. The van der Waals surface area contributed by atoms with Crippen molar-refractivity contribution in [3.05, 3.63) is 52.1 Å². The van der Waals surface area contributed by atoms with E-state index >= 15 is 0 Å². The molecule has 0 amide bonds. The fraction of sp³-hybridized carbons (Fsp3) is 0.381. The molecule has 2 N–H and O–H groups in total. The van der Waals surface area contributed by atoms with Crippen molar-refractivity contribution in [1.29, 1.82) is 0 Å². The number of carbonyl (C=O) groups is 2. The molecule has 0 bridgehead atoms. The molecule has 4 rings (SSSR count). The van der Waals surface area contributed by atoms with Crippen LogP contribution in [0, 0.1) is 11.6 Å². The van der Waals surface area contributed by atoms with Gasteiger partial charge in [0, 0.05) is 13.3 Å². The number of nitrogens with two attached hydrogens (primary N) is 1. The molecule has 0 aliphatic carbocycles. The minimum atomic E-state index is -1.20. The van der Waals surface area contributed by atoms with Crippen LogP contribution in [0.3, 0.4) is 0 Å². The lowest BCUT2D eigenvalue weighted by Gasteiger charge is -2.19. The smallest absolute Gasteiger partial charge is 0.332 e. The second kappa shape index (κ2) is 9.17. The van der Waals surface area contributed by atoms with Gasteiger partial charge in [0.1, 0.15) is 5.52 Å². The summed E-state index contributed by atoms with van der Waals surface area (Å²) in [4.78, 5) is 45.0. The molecule has 1 aliphatic rings. The van der Waals surface area contributed by atoms with E-state index in [0.29, 0.717) is 5.56 Å². The second-order valence-corrected chi connectivity index (χ2v) is 7.61. The van der Waals surface area contributed by atoms with E-state index in [1.54, 1.807) is 6.92 Å². The van der Waals surface area contributed by atoms with Gasteiger partial charge in [0.25, 0.3) is 0 Å². The minimum Gasteiger partial charge on any atom is -0.457 e. The van der Waals surface area contributed by atoms with Crippen LogP contribution in [0.5, 0.6) is 0 Å². The predicted molar refractivity (Wildman–Crippen MR) is 112 cm³/mol. The van der Waals surface area contributed by atoms with Gasteiger partial charge in [-0.25, -0.2) is 23.1 Å². The molecule has 0 unspecified atom stereocenters. The third-order valence-electron chi connectivity index (χ3n) is 5.21. The van der Waals surface area contributed by atoms with Crippen LogP contribution in [0.2, 0.25) is 0 Å².